The lowest BCUT2D eigenvalue weighted by atomic mass is 10.0. The molecule has 0 radical (unpaired) electrons. The van der Waals surface area contributed by atoms with E-state index in [1.54, 1.807) is 0 Å². The van der Waals surface area contributed by atoms with E-state index >= 15 is 0 Å². The molecule has 0 atom stereocenters. The third-order valence-electron chi connectivity index (χ3n) is 3.28. The summed E-state index contributed by atoms with van der Waals surface area (Å²) in [6, 6.07) is 5.96. The van der Waals surface area contributed by atoms with Crippen LogP contribution < -0.4 is 10.6 Å². The molecule has 0 unspecified atom stereocenters. The van der Waals surface area contributed by atoms with Gasteiger partial charge in [-0.15, -0.1) is 4.40 Å². The molecule has 1 aliphatic heterocycles. The zero-order chi connectivity index (χ0) is 16.8. The summed E-state index contributed by atoms with van der Waals surface area (Å²) in [5, 5.41) is 5.11. The SMILES string of the molecule is CNC1=NS(=O)(=O)c2cc(F)cc(-c3cccc(F)c3Cl)c2N1. The van der Waals surface area contributed by atoms with Crippen LogP contribution in [0.3, 0.4) is 0 Å². The quantitative estimate of drug-likeness (QED) is 0.823. The summed E-state index contributed by atoms with van der Waals surface area (Å²) in [5.41, 5.74) is 0.372. The van der Waals surface area contributed by atoms with Gasteiger partial charge in [-0.3, -0.25) is 0 Å². The number of nitrogens with zero attached hydrogens (tertiary/aromatic N) is 1. The zero-order valence-corrected chi connectivity index (χ0v) is 13.3. The number of sulfonamides is 1. The lowest BCUT2D eigenvalue weighted by molar-refractivity contribution is 0.592. The Morgan fingerprint density at radius 2 is 1.96 bits per heavy atom. The predicted octanol–water partition coefficient (Wildman–Crippen LogP) is 2.97. The molecular formula is C14H10ClF2N3O2S. The molecule has 120 valence electrons. The second-order valence-corrected chi connectivity index (χ2v) is 6.67. The van der Waals surface area contributed by atoms with E-state index in [-0.39, 0.29) is 32.7 Å². The van der Waals surface area contributed by atoms with Gasteiger partial charge >= 0.3 is 0 Å². The Hall–Kier alpha value is -2.19. The maximum Gasteiger partial charge on any atom is 0.287 e. The van der Waals surface area contributed by atoms with Crippen molar-refractivity contribution >= 4 is 33.3 Å². The van der Waals surface area contributed by atoms with Crippen molar-refractivity contribution in [3.05, 3.63) is 47.0 Å². The first-order valence-electron chi connectivity index (χ1n) is 6.41. The van der Waals surface area contributed by atoms with Crippen molar-refractivity contribution in [2.75, 3.05) is 12.4 Å². The number of hydrogen-bond donors (Lipinski definition) is 2. The van der Waals surface area contributed by atoms with Gasteiger partial charge in [0.1, 0.15) is 16.5 Å². The van der Waals surface area contributed by atoms with E-state index < -0.39 is 21.7 Å². The van der Waals surface area contributed by atoms with Gasteiger partial charge in [-0.2, -0.15) is 8.42 Å². The van der Waals surface area contributed by atoms with Crippen LogP contribution in [0, 0.1) is 11.6 Å². The number of fused-ring (bicyclic) bond motifs is 1. The maximum absolute atomic E-state index is 13.9. The summed E-state index contributed by atoms with van der Waals surface area (Å²) < 4.78 is 55.5. The van der Waals surface area contributed by atoms with Crippen LogP contribution in [-0.4, -0.2) is 21.4 Å². The van der Waals surface area contributed by atoms with Gasteiger partial charge in [0.2, 0.25) is 5.96 Å². The molecule has 0 amide bonds. The molecule has 0 spiro atoms. The fourth-order valence-corrected chi connectivity index (χ4v) is 3.64. The highest BCUT2D eigenvalue weighted by Crippen LogP contribution is 2.40. The standard InChI is InChI=1S/C14H10ClF2N3O2S/c1-18-14-19-13-9(8-3-2-4-10(17)12(8)15)5-7(16)6-11(13)23(21,22)20-14/h2-6H,1H3,(H2,18,19,20). The molecule has 0 saturated carbocycles. The Balaban J connectivity index is 2.34. The van der Waals surface area contributed by atoms with E-state index in [9.17, 15) is 17.2 Å². The van der Waals surface area contributed by atoms with Crippen LogP contribution in [0.4, 0.5) is 14.5 Å². The summed E-state index contributed by atoms with van der Waals surface area (Å²) in [6.45, 7) is 0. The van der Waals surface area contributed by atoms with Gasteiger partial charge in [0.15, 0.2) is 0 Å². The minimum atomic E-state index is -4.09. The summed E-state index contributed by atoms with van der Waals surface area (Å²) >= 11 is 5.94. The molecule has 5 nitrogen and oxygen atoms in total. The highest BCUT2D eigenvalue weighted by atomic mass is 35.5. The Bertz CT molecular complexity index is 945. The van der Waals surface area contributed by atoms with Crippen molar-refractivity contribution in [1.82, 2.24) is 5.32 Å². The second-order valence-electron chi connectivity index (χ2n) is 4.72. The van der Waals surface area contributed by atoms with Gasteiger partial charge in [0, 0.05) is 18.2 Å². The van der Waals surface area contributed by atoms with Gasteiger partial charge in [0.25, 0.3) is 10.0 Å². The van der Waals surface area contributed by atoms with E-state index in [0.717, 1.165) is 18.2 Å². The van der Waals surface area contributed by atoms with Crippen LogP contribution in [0.15, 0.2) is 39.6 Å². The Morgan fingerprint density at radius 3 is 2.65 bits per heavy atom. The van der Waals surface area contributed by atoms with Crippen LogP contribution in [-0.2, 0) is 10.0 Å². The van der Waals surface area contributed by atoms with Gasteiger partial charge in [-0.1, -0.05) is 23.7 Å². The van der Waals surface area contributed by atoms with Crippen LogP contribution in [0.25, 0.3) is 11.1 Å². The molecule has 0 aromatic heterocycles. The first kappa shape index (κ1) is 15.7. The minimum absolute atomic E-state index is 0.0297. The van der Waals surface area contributed by atoms with Gasteiger partial charge in [0.05, 0.1) is 10.7 Å². The number of anilines is 1. The van der Waals surface area contributed by atoms with Crippen LogP contribution in [0.2, 0.25) is 5.02 Å². The van der Waals surface area contributed by atoms with Crippen molar-refractivity contribution in [3.8, 4) is 11.1 Å². The third-order valence-corrected chi connectivity index (χ3v) is 4.96. The Kier molecular flexibility index (Phi) is 3.73. The first-order chi connectivity index (χ1) is 10.8. The molecule has 0 bridgehead atoms. The first-order valence-corrected chi connectivity index (χ1v) is 8.23. The minimum Gasteiger partial charge on any atom is -0.358 e. The summed E-state index contributed by atoms with van der Waals surface area (Å²) in [6.07, 6.45) is 0. The summed E-state index contributed by atoms with van der Waals surface area (Å²) in [7, 11) is -2.62. The number of nitrogens with one attached hydrogen (secondary N) is 2. The van der Waals surface area contributed by atoms with E-state index in [4.69, 9.17) is 11.6 Å². The number of halogens is 3. The van der Waals surface area contributed by atoms with Crippen LogP contribution in [0.1, 0.15) is 0 Å². The van der Waals surface area contributed by atoms with Crippen LogP contribution >= 0.6 is 11.6 Å². The molecule has 2 N–H and O–H groups in total. The Morgan fingerprint density at radius 1 is 1.22 bits per heavy atom. The molecule has 9 heteroatoms. The van der Waals surface area contributed by atoms with E-state index in [2.05, 4.69) is 15.0 Å². The van der Waals surface area contributed by atoms with E-state index in [0.29, 0.717) is 0 Å². The Labute approximate surface area is 136 Å². The third kappa shape index (κ3) is 2.64. The second kappa shape index (κ2) is 5.47. The number of rotatable bonds is 1. The smallest absolute Gasteiger partial charge is 0.287 e. The monoisotopic (exact) mass is 357 g/mol. The average molecular weight is 358 g/mol. The van der Waals surface area contributed by atoms with Crippen molar-refractivity contribution in [2.45, 2.75) is 4.90 Å². The van der Waals surface area contributed by atoms with Crippen LogP contribution in [0.5, 0.6) is 0 Å². The van der Waals surface area contributed by atoms with E-state index in [1.807, 2.05) is 0 Å². The largest absolute Gasteiger partial charge is 0.358 e. The predicted molar refractivity (Wildman–Crippen MR) is 84.1 cm³/mol. The molecule has 0 fully saturated rings. The summed E-state index contributed by atoms with van der Waals surface area (Å²) in [4.78, 5) is -0.341. The fraction of sp³-hybridized carbons (Fsp3) is 0.0714. The molecule has 1 heterocycles. The van der Waals surface area contributed by atoms with Crippen molar-refractivity contribution < 1.29 is 17.2 Å². The molecule has 3 rings (SSSR count). The van der Waals surface area contributed by atoms with Gasteiger partial charge in [-0.25, -0.2) is 8.78 Å². The molecule has 1 aliphatic rings. The highest BCUT2D eigenvalue weighted by Gasteiger charge is 2.29. The van der Waals surface area contributed by atoms with Crippen molar-refractivity contribution in [1.29, 1.82) is 0 Å². The molecule has 2 aromatic carbocycles. The normalized spacial score (nSPS) is 15.4. The highest BCUT2D eigenvalue weighted by molar-refractivity contribution is 7.90. The van der Waals surface area contributed by atoms with Crippen molar-refractivity contribution in [3.63, 3.8) is 0 Å². The average Bonchev–Trinajstić information content (AvgIpc) is 2.49. The molecular weight excluding hydrogens is 348 g/mol. The van der Waals surface area contributed by atoms with Gasteiger partial charge < -0.3 is 10.6 Å². The molecule has 23 heavy (non-hydrogen) atoms. The topological polar surface area (TPSA) is 70.6 Å². The number of benzene rings is 2. The van der Waals surface area contributed by atoms with E-state index in [1.165, 1.54) is 19.2 Å². The van der Waals surface area contributed by atoms with Gasteiger partial charge in [-0.05, 0) is 18.2 Å². The lowest BCUT2D eigenvalue weighted by Crippen LogP contribution is -2.32. The lowest BCUT2D eigenvalue weighted by Gasteiger charge is -2.21. The maximum atomic E-state index is 13.9. The molecule has 0 aliphatic carbocycles. The van der Waals surface area contributed by atoms with Crippen molar-refractivity contribution in [2.24, 2.45) is 4.40 Å². The number of guanidine groups is 1. The molecule has 0 saturated heterocycles. The molecule has 2 aromatic rings. The fourth-order valence-electron chi connectivity index (χ4n) is 2.26. The zero-order valence-electron chi connectivity index (χ0n) is 11.7. The summed E-state index contributed by atoms with van der Waals surface area (Å²) in [5.74, 6) is -1.52. The number of hydrogen-bond acceptors (Lipinski definition) is 4.